The molecule has 0 bridgehead atoms. The van der Waals surface area contributed by atoms with Crippen LogP contribution in [0.3, 0.4) is 0 Å². The van der Waals surface area contributed by atoms with E-state index in [1.54, 1.807) is 0 Å². The van der Waals surface area contributed by atoms with Gasteiger partial charge in [-0.2, -0.15) is 0 Å². The van der Waals surface area contributed by atoms with E-state index >= 15 is 0 Å². The molecular formula is C18H29N4+. The molecule has 0 aromatic heterocycles. The number of nitrogens with one attached hydrogen (secondary N) is 1. The average Bonchev–Trinajstić information content (AvgIpc) is 3.09. The lowest BCUT2D eigenvalue weighted by Crippen LogP contribution is -2.38. The van der Waals surface area contributed by atoms with Gasteiger partial charge in [0.1, 0.15) is 6.20 Å². The van der Waals surface area contributed by atoms with Crippen molar-refractivity contribution in [2.45, 2.75) is 46.0 Å². The first kappa shape index (κ1) is 15.6. The van der Waals surface area contributed by atoms with Crippen LogP contribution in [-0.4, -0.2) is 35.9 Å². The van der Waals surface area contributed by atoms with Gasteiger partial charge in [0, 0.05) is 37.0 Å². The quantitative estimate of drug-likeness (QED) is 0.575. The number of nitrogens with zero attached hydrogens (tertiary/aromatic N) is 3. The lowest BCUT2D eigenvalue weighted by atomic mass is 9.89. The molecule has 0 aromatic rings. The maximum Gasteiger partial charge on any atom is 0.243 e. The van der Waals surface area contributed by atoms with Crippen LogP contribution < -0.4 is 5.32 Å². The number of azo groups is 2. The minimum absolute atomic E-state index is 0.917. The zero-order chi connectivity index (χ0) is 15.4. The van der Waals surface area contributed by atoms with Crippen molar-refractivity contribution in [1.82, 2.24) is 10.2 Å². The SMILES string of the molecule is CCN(CNCC1=C[N+]2=NC=C(C)C2=C1)CC1CCCCC1. The Morgan fingerprint density at radius 1 is 1.32 bits per heavy atom. The zero-order valence-electron chi connectivity index (χ0n) is 14.0. The summed E-state index contributed by atoms with van der Waals surface area (Å²) in [7, 11) is 0. The Hall–Kier alpha value is -1.26. The molecule has 0 atom stereocenters. The molecule has 0 unspecified atom stereocenters. The van der Waals surface area contributed by atoms with Crippen molar-refractivity contribution in [3.8, 4) is 0 Å². The lowest BCUT2D eigenvalue weighted by Gasteiger charge is -2.29. The maximum atomic E-state index is 4.35. The van der Waals surface area contributed by atoms with E-state index < -0.39 is 0 Å². The maximum absolute atomic E-state index is 4.35. The normalized spacial score (nSPS) is 21.6. The van der Waals surface area contributed by atoms with Crippen molar-refractivity contribution in [2.75, 3.05) is 26.3 Å². The largest absolute Gasteiger partial charge is 0.300 e. The summed E-state index contributed by atoms with van der Waals surface area (Å²) in [6.07, 6.45) is 13.5. The molecule has 0 amide bonds. The van der Waals surface area contributed by atoms with Gasteiger partial charge in [0.2, 0.25) is 11.9 Å². The topological polar surface area (TPSA) is 30.6 Å². The smallest absolute Gasteiger partial charge is 0.243 e. The third-order valence-corrected chi connectivity index (χ3v) is 4.99. The summed E-state index contributed by atoms with van der Waals surface area (Å²) in [6, 6.07) is 0. The van der Waals surface area contributed by atoms with E-state index in [1.165, 1.54) is 55.5 Å². The highest BCUT2D eigenvalue weighted by molar-refractivity contribution is 5.36. The Bertz CT molecular complexity index is 521. The van der Waals surface area contributed by atoms with E-state index in [1.807, 2.05) is 10.9 Å². The van der Waals surface area contributed by atoms with E-state index in [0.29, 0.717) is 0 Å². The van der Waals surface area contributed by atoms with Gasteiger partial charge in [0.05, 0.1) is 0 Å². The molecule has 1 N–H and O–H groups in total. The van der Waals surface area contributed by atoms with Gasteiger partial charge in [-0.25, -0.2) is 0 Å². The highest BCUT2D eigenvalue weighted by Crippen LogP contribution is 2.26. The van der Waals surface area contributed by atoms with Crippen molar-refractivity contribution < 1.29 is 4.70 Å². The average molecular weight is 301 g/mol. The van der Waals surface area contributed by atoms with Crippen LogP contribution in [0.2, 0.25) is 0 Å². The van der Waals surface area contributed by atoms with Gasteiger partial charge in [-0.3, -0.25) is 10.2 Å². The third-order valence-electron chi connectivity index (χ3n) is 4.99. The molecule has 1 saturated carbocycles. The first-order chi connectivity index (χ1) is 10.8. The second-order valence-corrected chi connectivity index (χ2v) is 6.76. The van der Waals surface area contributed by atoms with Crippen molar-refractivity contribution >= 4 is 0 Å². The van der Waals surface area contributed by atoms with Gasteiger partial charge in [-0.1, -0.05) is 30.9 Å². The molecule has 2 heterocycles. The number of fused-ring (bicyclic) bond motifs is 1. The monoisotopic (exact) mass is 301 g/mol. The van der Waals surface area contributed by atoms with Crippen LogP contribution in [0.25, 0.3) is 0 Å². The molecule has 4 nitrogen and oxygen atoms in total. The van der Waals surface area contributed by atoms with E-state index in [9.17, 15) is 0 Å². The van der Waals surface area contributed by atoms with Gasteiger partial charge in [0.15, 0.2) is 0 Å². The fourth-order valence-electron chi connectivity index (χ4n) is 3.61. The predicted octanol–water partition coefficient (Wildman–Crippen LogP) is 3.60. The van der Waals surface area contributed by atoms with Crippen molar-refractivity contribution in [1.29, 1.82) is 0 Å². The molecule has 0 saturated heterocycles. The first-order valence-corrected chi connectivity index (χ1v) is 8.79. The molecule has 0 spiro atoms. The summed E-state index contributed by atoms with van der Waals surface area (Å²) in [6.45, 7) is 8.68. The Morgan fingerprint density at radius 2 is 2.14 bits per heavy atom. The van der Waals surface area contributed by atoms with Crippen LogP contribution in [0, 0.1) is 5.92 Å². The summed E-state index contributed by atoms with van der Waals surface area (Å²) >= 11 is 0. The molecule has 1 fully saturated rings. The number of rotatable bonds is 7. The van der Waals surface area contributed by atoms with Crippen LogP contribution in [-0.2, 0) is 0 Å². The summed E-state index contributed by atoms with van der Waals surface area (Å²) in [5.74, 6) is 0.917. The van der Waals surface area contributed by atoms with E-state index in [-0.39, 0.29) is 0 Å². The molecule has 2 aliphatic heterocycles. The van der Waals surface area contributed by atoms with Gasteiger partial charge in [-0.15, -0.1) is 0 Å². The van der Waals surface area contributed by atoms with Crippen molar-refractivity contribution in [3.05, 3.63) is 35.3 Å². The van der Waals surface area contributed by atoms with Crippen molar-refractivity contribution in [3.63, 3.8) is 0 Å². The second-order valence-electron chi connectivity index (χ2n) is 6.76. The summed E-state index contributed by atoms with van der Waals surface area (Å²) < 4.78 is 1.98. The third kappa shape index (κ3) is 3.73. The standard InChI is InChI=1S/C18H29N4/c1-3-21(12-16-7-5-4-6-8-16)14-19-11-17-9-18-15(2)10-20-22(18)13-17/h9-10,13,16,19H,3-8,11-12,14H2,1-2H3/q+1. The minimum atomic E-state index is 0.917. The Balaban J connectivity index is 1.41. The molecule has 0 radical (unpaired) electrons. The Kier molecular flexibility index (Phi) is 5.21. The van der Waals surface area contributed by atoms with Crippen molar-refractivity contribution in [2.24, 2.45) is 11.0 Å². The second kappa shape index (κ2) is 7.34. The summed E-state index contributed by atoms with van der Waals surface area (Å²) in [5, 5.41) is 7.95. The fourth-order valence-corrected chi connectivity index (χ4v) is 3.61. The molecule has 4 heteroatoms. The fraction of sp³-hybridized carbons (Fsp3) is 0.667. The number of hydrogen-bond acceptors (Lipinski definition) is 3. The van der Waals surface area contributed by atoms with Gasteiger partial charge >= 0.3 is 0 Å². The van der Waals surface area contributed by atoms with E-state index in [0.717, 1.165) is 25.7 Å². The highest BCUT2D eigenvalue weighted by atomic mass is 15.3. The number of allylic oxidation sites excluding steroid dienone is 1. The summed E-state index contributed by atoms with van der Waals surface area (Å²) in [5.41, 5.74) is 3.80. The predicted molar refractivity (Wildman–Crippen MR) is 89.3 cm³/mol. The first-order valence-electron chi connectivity index (χ1n) is 8.79. The molecule has 1 aliphatic carbocycles. The molecule has 3 rings (SSSR count). The molecule has 22 heavy (non-hydrogen) atoms. The minimum Gasteiger partial charge on any atom is -0.300 e. The molecule has 3 aliphatic rings. The van der Waals surface area contributed by atoms with Crippen LogP contribution >= 0.6 is 0 Å². The lowest BCUT2D eigenvalue weighted by molar-refractivity contribution is -0.459. The van der Waals surface area contributed by atoms with Gasteiger partial charge in [0.25, 0.3) is 0 Å². The van der Waals surface area contributed by atoms with Gasteiger partial charge < -0.3 is 0 Å². The van der Waals surface area contributed by atoms with Gasteiger partial charge in [-0.05, 0) is 37.3 Å². The molecule has 0 aromatic carbocycles. The highest BCUT2D eigenvalue weighted by Gasteiger charge is 2.27. The zero-order valence-corrected chi connectivity index (χ0v) is 14.0. The molecular weight excluding hydrogens is 272 g/mol. The van der Waals surface area contributed by atoms with E-state index in [4.69, 9.17) is 0 Å². The number of hydrogen-bond donors (Lipinski definition) is 1. The van der Waals surface area contributed by atoms with Crippen LogP contribution in [0.1, 0.15) is 46.0 Å². The van der Waals surface area contributed by atoms with Crippen LogP contribution in [0.4, 0.5) is 0 Å². The Morgan fingerprint density at radius 3 is 2.86 bits per heavy atom. The summed E-state index contributed by atoms with van der Waals surface area (Å²) in [4.78, 5) is 2.55. The molecule has 120 valence electrons. The van der Waals surface area contributed by atoms with E-state index in [2.05, 4.69) is 41.5 Å². The van der Waals surface area contributed by atoms with Crippen LogP contribution in [0.5, 0.6) is 0 Å². The Labute approximate surface area is 134 Å². The van der Waals surface area contributed by atoms with Crippen LogP contribution in [0.15, 0.2) is 40.4 Å².